The first-order valence-corrected chi connectivity index (χ1v) is 7.72. The number of nitrogens with zero attached hydrogens (tertiary/aromatic N) is 3. The molecule has 1 aromatic rings. The Kier molecular flexibility index (Phi) is 3.99. The van der Waals surface area contributed by atoms with E-state index in [0.29, 0.717) is 11.6 Å². The maximum absolute atomic E-state index is 12.8. The lowest BCUT2D eigenvalue weighted by atomic mass is 9.98. The highest BCUT2D eigenvalue weighted by Gasteiger charge is 2.37. The minimum Gasteiger partial charge on any atom is -0.375 e. The van der Waals surface area contributed by atoms with E-state index in [9.17, 15) is 4.79 Å². The van der Waals surface area contributed by atoms with Gasteiger partial charge < -0.3 is 9.64 Å². The van der Waals surface area contributed by atoms with Gasteiger partial charge in [-0.15, -0.1) is 0 Å². The monoisotopic (exact) mass is 292 g/mol. The van der Waals surface area contributed by atoms with Gasteiger partial charge in [0.15, 0.2) is 0 Å². The Morgan fingerprint density at radius 3 is 3.05 bits per heavy atom. The van der Waals surface area contributed by atoms with Crippen molar-refractivity contribution in [3.63, 3.8) is 0 Å². The van der Waals surface area contributed by atoms with Gasteiger partial charge in [-0.3, -0.25) is 14.8 Å². The third kappa shape index (κ3) is 2.70. The highest BCUT2D eigenvalue weighted by atomic mass is 16.5. The SMILES string of the molecule is CC(C)c1[nH]ncc1C(=O)N1CCC2OCCN(C)C2C1. The van der Waals surface area contributed by atoms with Crippen molar-refractivity contribution in [3.8, 4) is 0 Å². The summed E-state index contributed by atoms with van der Waals surface area (Å²) in [4.78, 5) is 17.0. The van der Waals surface area contributed by atoms with Crippen LogP contribution in [0.1, 0.15) is 42.2 Å². The van der Waals surface area contributed by atoms with Crippen LogP contribution in [0.5, 0.6) is 0 Å². The summed E-state index contributed by atoms with van der Waals surface area (Å²) >= 11 is 0. The zero-order chi connectivity index (χ0) is 15.0. The van der Waals surface area contributed by atoms with Gasteiger partial charge in [0, 0.05) is 19.6 Å². The largest absolute Gasteiger partial charge is 0.375 e. The van der Waals surface area contributed by atoms with Crippen molar-refractivity contribution in [3.05, 3.63) is 17.5 Å². The molecule has 21 heavy (non-hydrogen) atoms. The third-order valence-electron chi connectivity index (χ3n) is 4.63. The second-order valence-corrected chi connectivity index (χ2v) is 6.35. The van der Waals surface area contributed by atoms with Crippen molar-refractivity contribution in [2.75, 3.05) is 33.3 Å². The predicted octanol–water partition coefficient (Wildman–Crippen LogP) is 1.08. The number of hydrogen-bond acceptors (Lipinski definition) is 4. The van der Waals surface area contributed by atoms with Crippen LogP contribution in [0.15, 0.2) is 6.20 Å². The molecule has 0 aliphatic carbocycles. The zero-order valence-corrected chi connectivity index (χ0v) is 13.0. The molecule has 2 unspecified atom stereocenters. The molecule has 2 aliphatic rings. The molecule has 6 heteroatoms. The average molecular weight is 292 g/mol. The topological polar surface area (TPSA) is 61.5 Å². The maximum atomic E-state index is 12.8. The predicted molar refractivity (Wildman–Crippen MR) is 79.4 cm³/mol. The standard InChI is InChI=1S/C15H24N4O2/c1-10(2)14-11(8-16-17-14)15(20)19-5-4-13-12(9-19)18(3)6-7-21-13/h8,10,12-13H,4-7,9H2,1-3H3,(H,16,17). The number of H-pyrrole nitrogens is 1. The molecule has 0 radical (unpaired) electrons. The molecular formula is C15H24N4O2. The quantitative estimate of drug-likeness (QED) is 0.886. The molecule has 2 aliphatic heterocycles. The zero-order valence-electron chi connectivity index (χ0n) is 13.0. The number of piperidine rings is 1. The fourth-order valence-electron chi connectivity index (χ4n) is 3.30. The van der Waals surface area contributed by atoms with Gasteiger partial charge in [-0.1, -0.05) is 13.8 Å². The normalized spacial score (nSPS) is 27.0. The second kappa shape index (κ2) is 5.77. The summed E-state index contributed by atoms with van der Waals surface area (Å²) in [6.45, 7) is 7.37. The number of rotatable bonds is 2. The summed E-state index contributed by atoms with van der Waals surface area (Å²) in [5, 5.41) is 7.01. The van der Waals surface area contributed by atoms with Crippen molar-refractivity contribution in [1.82, 2.24) is 20.0 Å². The highest BCUT2D eigenvalue weighted by molar-refractivity contribution is 5.95. The molecule has 1 amide bonds. The number of hydrogen-bond donors (Lipinski definition) is 1. The average Bonchev–Trinajstić information content (AvgIpc) is 2.96. The van der Waals surface area contributed by atoms with E-state index >= 15 is 0 Å². The van der Waals surface area contributed by atoms with Crippen LogP contribution in [0, 0.1) is 0 Å². The Labute approximate surface area is 125 Å². The van der Waals surface area contributed by atoms with Gasteiger partial charge in [-0.05, 0) is 19.4 Å². The van der Waals surface area contributed by atoms with Gasteiger partial charge in [0.25, 0.3) is 5.91 Å². The lowest BCUT2D eigenvalue weighted by Gasteiger charge is -2.45. The number of amides is 1. The lowest BCUT2D eigenvalue weighted by Crippen LogP contribution is -2.59. The molecule has 2 fully saturated rings. The van der Waals surface area contributed by atoms with Crippen LogP contribution in [0.3, 0.4) is 0 Å². The number of morpholine rings is 1. The summed E-state index contributed by atoms with van der Waals surface area (Å²) in [6.07, 6.45) is 2.84. The molecule has 116 valence electrons. The molecule has 2 atom stereocenters. The van der Waals surface area contributed by atoms with Crippen LogP contribution in [0.4, 0.5) is 0 Å². The number of likely N-dealkylation sites (tertiary alicyclic amines) is 1. The number of carbonyl (C=O) groups is 1. The molecule has 6 nitrogen and oxygen atoms in total. The molecule has 0 bridgehead atoms. The molecule has 2 saturated heterocycles. The van der Waals surface area contributed by atoms with Crippen LogP contribution in [-0.2, 0) is 4.74 Å². The van der Waals surface area contributed by atoms with Crippen molar-refractivity contribution in [1.29, 1.82) is 0 Å². The first kappa shape index (κ1) is 14.5. The summed E-state index contributed by atoms with van der Waals surface area (Å²) in [5.74, 6) is 0.356. The van der Waals surface area contributed by atoms with Crippen LogP contribution in [0.2, 0.25) is 0 Å². The fourth-order valence-corrected chi connectivity index (χ4v) is 3.30. The molecule has 0 aromatic carbocycles. The van der Waals surface area contributed by atoms with Crippen LogP contribution < -0.4 is 0 Å². The first-order valence-electron chi connectivity index (χ1n) is 7.72. The van der Waals surface area contributed by atoms with Gasteiger partial charge in [-0.25, -0.2) is 0 Å². The smallest absolute Gasteiger partial charge is 0.257 e. The number of ether oxygens (including phenoxy) is 1. The maximum Gasteiger partial charge on any atom is 0.257 e. The van der Waals surface area contributed by atoms with Crippen LogP contribution in [0.25, 0.3) is 0 Å². The molecule has 0 saturated carbocycles. The molecule has 1 aromatic heterocycles. The minimum atomic E-state index is 0.0878. The van der Waals surface area contributed by atoms with Crippen molar-refractivity contribution in [2.24, 2.45) is 0 Å². The van der Waals surface area contributed by atoms with Crippen molar-refractivity contribution in [2.45, 2.75) is 38.3 Å². The number of likely N-dealkylation sites (N-methyl/N-ethyl adjacent to an activating group) is 1. The Morgan fingerprint density at radius 1 is 1.48 bits per heavy atom. The minimum absolute atomic E-state index is 0.0878. The van der Waals surface area contributed by atoms with E-state index in [1.807, 2.05) is 4.90 Å². The number of aromatic nitrogens is 2. The summed E-state index contributed by atoms with van der Waals surface area (Å²) in [7, 11) is 2.12. The Morgan fingerprint density at radius 2 is 2.29 bits per heavy atom. The van der Waals surface area contributed by atoms with E-state index in [0.717, 1.165) is 38.4 Å². The van der Waals surface area contributed by atoms with E-state index in [2.05, 4.69) is 36.0 Å². The summed E-state index contributed by atoms with van der Waals surface area (Å²) in [6, 6.07) is 0.311. The Bertz CT molecular complexity index is 514. The number of aromatic amines is 1. The molecule has 3 rings (SSSR count). The lowest BCUT2D eigenvalue weighted by molar-refractivity contribution is -0.0893. The fraction of sp³-hybridized carbons (Fsp3) is 0.733. The van der Waals surface area contributed by atoms with Gasteiger partial charge in [0.2, 0.25) is 0 Å². The van der Waals surface area contributed by atoms with Crippen molar-refractivity contribution < 1.29 is 9.53 Å². The second-order valence-electron chi connectivity index (χ2n) is 6.35. The Balaban J connectivity index is 1.75. The summed E-state index contributed by atoms with van der Waals surface area (Å²) < 4.78 is 5.83. The molecule has 0 spiro atoms. The number of nitrogens with one attached hydrogen (secondary N) is 1. The molecule has 1 N–H and O–H groups in total. The third-order valence-corrected chi connectivity index (χ3v) is 4.63. The highest BCUT2D eigenvalue weighted by Crippen LogP contribution is 2.24. The van der Waals surface area contributed by atoms with Gasteiger partial charge in [-0.2, -0.15) is 5.10 Å². The first-order chi connectivity index (χ1) is 10.1. The van der Waals surface area contributed by atoms with E-state index in [1.165, 1.54) is 0 Å². The number of fused-ring (bicyclic) bond motifs is 1. The van der Waals surface area contributed by atoms with Gasteiger partial charge in [0.1, 0.15) is 0 Å². The Hall–Kier alpha value is -1.40. The van der Waals surface area contributed by atoms with Gasteiger partial charge in [0.05, 0.1) is 36.2 Å². The summed E-state index contributed by atoms with van der Waals surface area (Å²) in [5.41, 5.74) is 1.64. The van der Waals surface area contributed by atoms with E-state index in [4.69, 9.17) is 4.74 Å². The van der Waals surface area contributed by atoms with E-state index < -0.39 is 0 Å². The molecular weight excluding hydrogens is 268 g/mol. The van der Waals surface area contributed by atoms with Crippen LogP contribution >= 0.6 is 0 Å². The van der Waals surface area contributed by atoms with E-state index in [1.54, 1.807) is 6.20 Å². The van der Waals surface area contributed by atoms with E-state index in [-0.39, 0.29) is 17.9 Å². The van der Waals surface area contributed by atoms with Gasteiger partial charge >= 0.3 is 0 Å². The van der Waals surface area contributed by atoms with Crippen LogP contribution in [-0.4, -0.2) is 71.3 Å². The number of carbonyl (C=O) groups excluding carboxylic acids is 1. The van der Waals surface area contributed by atoms with Crippen molar-refractivity contribution >= 4 is 5.91 Å². The molecule has 3 heterocycles.